The summed E-state index contributed by atoms with van der Waals surface area (Å²) in [6.07, 6.45) is 5.41. The Labute approximate surface area is 212 Å². The summed E-state index contributed by atoms with van der Waals surface area (Å²) in [6.45, 7) is 8.75. The van der Waals surface area contributed by atoms with E-state index in [1.54, 1.807) is 24.8 Å². The second-order valence-electron chi connectivity index (χ2n) is 10.1. The highest BCUT2D eigenvalue weighted by Gasteiger charge is 2.36. The highest BCUT2D eigenvalue weighted by molar-refractivity contribution is 7.14. The molecule has 1 aliphatic rings. The number of aryl methyl sites for hydroxylation is 3. The molecule has 6 heterocycles. The van der Waals surface area contributed by atoms with Gasteiger partial charge in [0.25, 0.3) is 0 Å². The molecule has 1 atom stereocenters. The van der Waals surface area contributed by atoms with Gasteiger partial charge in [-0.25, -0.2) is 9.67 Å². The monoisotopic (exact) mass is 507 g/mol. The molecule has 1 aliphatic heterocycles. The van der Waals surface area contributed by atoms with Gasteiger partial charge in [0, 0.05) is 38.9 Å². The molecule has 0 spiro atoms. The topological polar surface area (TPSA) is 117 Å². The van der Waals surface area contributed by atoms with E-state index in [1.807, 2.05) is 27.1 Å². The van der Waals surface area contributed by atoms with Crippen molar-refractivity contribution in [2.45, 2.75) is 52.2 Å². The summed E-state index contributed by atoms with van der Waals surface area (Å²) in [6, 6.07) is 2.01. The first-order valence-electron chi connectivity index (χ1n) is 12.1. The molecule has 1 N–H and O–H groups in total. The fourth-order valence-corrected chi connectivity index (χ4v) is 6.42. The molecule has 0 saturated carbocycles. The third-order valence-corrected chi connectivity index (χ3v) is 7.87. The first-order valence-corrected chi connectivity index (χ1v) is 12.9. The molecular weight excluding hydrogens is 478 g/mol. The van der Waals surface area contributed by atoms with E-state index in [0.717, 1.165) is 56.7 Å². The second kappa shape index (κ2) is 8.46. The van der Waals surface area contributed by atoms with Crippen molar-refractivity contribution in [1.82, 2.24) is 33.9 Å². The van der Waals surface area contributed by atoms with Crippen molar-refractivity contribution in [2.75, 3.05) is 13.2 Å². The van der Waals surface area contributed by atoms with Crippen molar-refractivity contribution in [2.24, 2.45) is 13.0 Å². The number of hydrogen-bond acceptors (Lipinski definition) is 9. The fourth-order valence-electron chi connectivity index (χ4n) is 5.40. The molecule has 188 valence electrons. The summed E-state index contributed by atoms with van der Waals surface area (Å²) in [4.78, 5) is 9.70. The van der Waals surface area contributed by atoms with Gasteiger partial charge < -0.3 is 18.8 Å². The van der Waals surface area contributed by atoms with Crippen LogP contribution in [0.3, 0.4) is 0 Å². The maximum atomic E-state index is 11.1. The lowest BCUT2D eigenvalue weighted by Crippen LogP contribution is -2.28. The van der Waals surface area contributed by atoms with Gasteiger partial charge in [-0.15, -0.1) is 5.10 Å². The number of pyridine rings is 1. The molecule has 0 aromatic carbocycles. The molecule has 0 amide bonds. The number of aliphatic hydroxyl groups is 1. The van der Waals surface area contributed by atoms with Gasteiger partial charge in [-0.1, -0.05) is 5.21 Å². The van der Waals surface area contributed by atoms with Gasteiger partial charge in [0.1, 0.15) is 28.8 Å². The maximum Gasteiger partial charge on any atom is 0.191 e. The Morgan fingerprint density at radius 2 is 2.00 bits per heavy atom. The van der Waals surface area contributed by atoms with Crippen molar-refractivity contribution in [1.29, 1.82) is 0 Å². The first kappa shape index (κ1) is 23.3. The molecule has 11 heteroatoms. The number of hydrogen-bond donors (Lipinski definition) is 1. The quantitative estimate of drug-likeness (QED) is 0.374. The first-order chi connectivity index (χ1) is 17.2. The minimum atomic E-state index is -1.13. The largest absolute Gasteiger partial charge is 0.449 e. The van der Waals surface area contributed by atoms with E-state index in [4.69, 9.17) is 23.5 Å². The average Bonchev–Trinajstić information content (AvgIpc) is 3.60. The molecule has 1 saturated heterocycles. The van der Waals surface area contributed by atoms with Gasteiger partial charge in [0.15, 0.2) is 5.89 Å². The van der Waals surface area contributed by atoms with Crippen LogP contribution in [0.4, 0.5) is 0 Å². The normalized spacial score (nSPS) is 16.4. The highest BCUT2D eigenvalue weighted by Crippen LogP contribution is 2.44. The summed E-state index contributed by atoms with van der Waals surface area (Å²) < 4.78 is 21.1. The zero-order valence-corrected chi connectivity index (χ0v) is 21.8. The van der Waals surface area contributed by atoms with Crippen molar-refractivity contribution < 1.29 is 14.3 Å². The van der Waals surface area contributed by atoms with Crippen LogP contribution in [0.15, 0.2) is 22.9 Å². The minimum Gasteiger partial charge on any atom is -0.449 e. The van der Waals surface area contributed by atoms with Crippen molar-refractivity contribution in [3.05, 3.63) is 41.5 Å². The van der Waals surface area contributed by atoms with E-state index < -0.39 is 5.60 Å². The van der Waals surface area contributed by atoms with Crippen LogP contribution < -0.4 is 0 Å². The molecule has 0 radical (unpaired) electrons. The Kier molecular flexibility index (Phi) is 5.47. The Morgan fingerprint density at radius 3 is 2.64 bits per heavy atom. The lowest BCUT2D eigenvalue weighted by molar-refractivity contribution is 0.0543. The Bertz CT molecular complexity index is 1550. The Hall–Kier alpha value is -3.15. The molecule has 36 heavy (non-hydrogen) atoms. The summed E-state index contributed by atoms with van der Waals surface area (Å²) in [5.74, 6) is 0.886. The molecule has 10 nitrogen and oxygen atoms in total. The molecule has 0 bridgehead atoms. The zero-order valence-electron chi connectivity index (χ0n) is 21.0. The summed E-state index contributed by atoms with van der Waals surface area (Å²) in [5, 5.41) is 19.5. The van der Waals surface area contributed by atoms with Crippen molar-refractivity contribution >= 4 is 32.8 Å². The van der Waals surface area contributed by atoms with E-state index in [-0.39, 0.29) is 12.0 Å². The molecule has 1 fully saturated rings. The van der Waals surface area contributed by atoms with E-state index in [1.165, 1.54) is 11.5 Å². The fraction of sp³-hybridized carbons (Fsp3) is 0.480. The highest BCUT2D eigenvalue weighted by atomic mass is 32.1. The van der Waals surface area contributed by atoms with Crippen LogP contribution >= 0.6 is 11.5 Å². The van der Waals surface area contributed by atoms with Gasteiger partial charge >= 0.3 is 0 Å². The predicted molar refractivity (Wildman–Crippen MR) is 136 cm³/mol. The lowest BCUT2D eigenvalue weighted by Gasteiger charge is -2.31. The number of nitrogens with zero attached hydrogens (tertiary/aromatic N) is 7. The van der Waals surface area contributed by atoms with Gasteiger partial charge in [0.05, 0.1) is 33.2 Å². The van der Waals surface area contributed by atoms with E-state index >= 15 is 0 Å². The zero-order chi connectivity index (χ0) is 25.2. The number of ether oxygens (including phenoxy) is 1. The van der Waals surface area contributed by atoms with Crippen LogP contribution in [0.25, 0.3) is 32.5 Å². The molecular formula is C25H29N7O3S. The number of oxazole rings is 1. The molecule has 5 aromatic rings. The van der Waals surface area contributed by atoms with Crippen LogP contribution in [0.2, 0.25) is 0 Å². The Morgan fingerprint density at radius 1 is 1.22 bits per heavy atom. The van der Waals surface area contributed by atoms with E-state index in [0.29, 0.717) is 24.8 Å². The van der Waals surface area contributed by atoms with Gasteiger partial charge in [-0.05, 0) is 57.1 Å². The second-order valence-corrected chi connectivity index (χ2v) is 10.8. The lowest BCUT2D eigenvalue weighted by atomic mass is 9.89. The average molecular weight is 508 g/mol. The number of aromatic nitrogens is 7. The molecule has 1 unspecified atom stereocenters. The van der Waals surface area contributed by atoms with E-state index in [2.05, 4.69) is 20.9 Å². The summed E-state index contributed by atoms with van der Waals surface area (Å²) in [5.41, 5.74) is 5.75. The minimum absolute atomic E-state index is 0.133. The molecule has 6 rings (SSSR count). The Balaban J connectivity index is 1.70. The molecule has 5 aromatic heterocycles. The summed E-state index contributed by atoms with van der Waals surface area (Å²) in [7, 11) is 1.89. The van der Waals surface area contributed by atoms with Gasteiger partial charge in [-0.3, -0.25) is 4.98 Å². The number of fused-ring (bicyclic) bond motifs is 3. The van der Waals surface area contributed by atoms with Gasteiger partial charge in [-0.2, -0.15) is 4.37 Å². The van der Waals surface area contributed by atoms with Crippen LogP contribution in [-0.4, -0.2) is 52.2 Å². The summed E-state index contributed by atoms with van der Waals surface area (Å²) >= 11 is 1.37. The predicted octanol–water partition coefficient (Wildman–Crippen LogP) is 4.29. The SMILES string of the molecule is Cc1nc(C(C2CCOCC2)n2c3cc(-c4c(C)nnn4C)cnc3c3snc(C(C)(C)O)c32)co1. The van der Waals surface area contributed by atoms with Gasteiger partial charge in [0.2, 0.25) is 0 Å². The molecule has 0 aliphatic carbocycles. The number of rotatable bonds is 5. The maximum absolute atomic E-state index is 11.1. The van der Waals surface area contributed by atoms with E-state index in [9.17, 15) is 5.11 Å². The van der Waals surface area contributed by atoms with Crippen molar-refractivity contribution in [3.8, 4) is 11.3 Å². The van der Waals surface area contributed by atoms with Crippen LogP contribution in [0.1, 0.15) is 55.7 Å². The van der Waals surface area contributed by atoms with Crippen LogP contribution in [0.5, 0.6) is 0 Å². The smallest absolute Gasteiger partial charge is 0.191 e. The van der Waals surface area contributed by atoms with Crippen LogP contribution in [-0.2, 0) is 17.4 Å². The standard InChI is InChI=1S/C25H29N7O3S/c1-13-20(31(5)30-28-13)16-10-18-19(26-11-16)23-22(24(29-36-23)25(3,4)33)32(18)21(15-6-8-34-9-7-15)17-12-35-14(2)27-17/h10-12,15,21,33H,6-9H2,1-5H3. The van der Waals surface area contributed by atoms with Crippen LogP contribution in [0, 0.1) is 19.8 Å². The third kappa shape index (κ3) is 3.64. The third-order valence-electron chi connectivity index (χ3n) is 7.03. The van der Waals surface area contributed by atoms with Crippen molar-refractivity contribution in [3.63, 3.8) is 0 Å².